The lowest BCUT2D eigenvalue weighted by Gasteiger charge is -2.38. The Labute approximate surface area is 187 Å². The highest BCUT2D eigenvalue weighted by atomic mass is 127. The fourth-order valence-electron chi connectivity index (χ4n) is 3.38. The van der Waals surface area contributed by atoms with Gasteiger partial charge in [0.1, 0.15) is 0 Å². The average molecular weight is 504 g/mol. The molecule has 7 heteroatoms. The number of halogens is 1. The van der Waals surface area contributed by atoms with Gasteiger partial charge in [0.05, 0.1) is 26.4 Å². The van der Waals surface area contributed by atoms with E-state index in [1.54, 1.807) is 7.11 Å². The summed E-state index contributed by atoms with van der Waals surface area (Å²) in [5, 5.41) is 6.95. The second kappa shape index (κ2) is 15.0. The summed E-state index contributed by atoms with van der Waals surface area (Å²) in [5.74, 6) is 0.890. The maximum atomic E-state index is 5.49. The molecule has 1 fully saturated rings. The van der Waals surface area contributed by atoms with Crippen LogP contribution in [0.4, 0.5) is 0 Å². The molecule has 0 saturated carbocycles. The van der Waals surface area contributed by atoms with Crippen LogP contribution in [-0.4, -0.2) is 69.5 Å². The van der Waals surface area contributed by atoms with Crippen LogP contribution in [0.1, 0.15) is 32.3 Å². The van der Waals surface area contributed by atoms with E-state index in [1.807, 2.05) is 0 Å². The van der Waals surface area contributed by atoms with E-state index in [-0.39, 0.29) is 24.0 Å². The number of nitrogens with one attached hydrogen (secondary N) is 2. The fraction of sp³-hybridized carbons (Fsp3) is 0.667. The minimum absolute atomic E-state index is 0. The van der Waals surface area contributed by atoms with Crippen LogP contribution in [0.3, 0.4) is 0 Å². The molecule has 2 unspecified atom stereocenters. The zero-order valence-corrected chi connectivity index (χ0v) is 19.9. The van der Waals surface area contributed by atoms with Crippen LogP contribution in [0.15, 0.2) is 35.3 Å². The van der Waals surface area contributed by atoms with Gasteiger partial charge in [0.15, 0.2) is 5.96 Å². The van der Waals surface area contributed by atoms with E-state index < -0.39 is 0 Å². The molecule has 28 heavy (non-hydrogen) atoms. The second-order valence-corrected chi connectivity index (χ2v) is 7.04. The molecule has 1 aliphatic rings. The number of guanidine groups is 1. The summed E-state index contributed by atoms with van der Waals surface area (Å²) in [5.41, 5.74) is 1.39. The zero-order valence-electron chi connectivity index (χ0n) is 17.5. The van der Waals surface area contributed by atoms with Gasteiger partial charge in [-0.25, -0.2) is 0 Å². The lowest BCUT2D eigenvalue weighted by molar-refractivity contribution is 0.0748. The van der Waals surface area contributed by atoms with Gasteiger partial charge in [0, 0.05) is 38.8 Å². The number of hydrogen-bond donors (Lipinski definition) is 2. The van der Waals surface area contributed by atoms with Crippen LogP contribution in [0, 0.1) is 0 Å². The van der Waals surface area contributed by atoms with Gasteiger partial charge in [0.2, 0.25) is 0 Å². The molecule has 160 valence electrons. The molecule has 1 aromatic rings. The molecule has 2 rings (SSSR count). The molecule has 2 atom stereocenters. The molecule has 0 spiro atoms. The van der Waals surface area contributed by atoms with Gasteiger partial charge < -0.3 is 20.1 Å². The van der Waals surface area contributed by atoms with Crippen LogP contribution >= 0.6 is 24.0 Å². The van der Waals surface area contributed by atoms with Crippen molar-refractivity contribution in [3.8, 4) is 0 Å². The molecule has 1 saturated heterocycles. The van der Waals surface area contributed by atoms with Crippen molar-refractivity contribution in [1.29, 1.82) is 0 Å². The molecule has 1 aromatic carbocycles. The Morgan fingerprint density at radius 1 is 1.21 bits per heavy atom. The van der Waals surface area contributed by atoms with Crippen molar-refractivity contribution in [3.63, 3.8) is 0 Å². The van der Waals surface area contributed by atoms with Crippen molar-refractivity contribution in [3.05, 3.63) is 35.9 Å². The number of piperidine rings is 1. The van der Waals surface area contributed by atoms with Crippen LogP contribution in [-0.2, 0) is 16.0 Å². The van der Waals surface area contributed by atoms with Gasteiger partial charge in [0.25, 0.3) is 0 Å². The van der Waals surface area contributed by atoms with Crippen LogP contribution in [0.2, 0.25) is 0 Å². The summed E-state index contributed by atoms with van der Waals surface area (Å²) in [4.78, 5) is 7.20. The van der Waals surface area contributed by atoms with Crippen molar-refractivity contribution in [1.82, 2.24) is 15.5 Å². The Kier molecular flexibility index (Phi) is 13.5. The summed E-state index contributed by atoms with van der Waals surface area (Å²) in [6.45, 7) is 9.93. The molecule has 2 N–H and O–H groups in total. The number of aliphatic imine (C=N–C) groups is 1. The van der Waals surface area contributed by atoms with Gasteiger partial charge >= 0.3 is 0 Å². The molecule has 0 bridgehead atoms. The highest BCUT2D eigenvalue weighted by Crippen LogP contribution is 2.19. The van der Waals surface area contributed by atoms with Crippen molar-refractivity contribution in [2.75, 3.05) is 46.6 Å². The maximum absolute atomic E-state index is 5.49. The third-order valence-electron chi connectivity index (χ3n) is 4.86. The molecular formula is C21H37IN4O2. The zero-order chi connectivity index (χ0) is 19.3. The van der Waals surface area contributed by atoms with Crippen molar-refractivity contribution < 1.29 is 9.47 Å². The number of hydrogen-bond acceptors (Lipinski definition) is 4. The van der Waals surface area contributed by atoms with E-state index >= 15 is 0 Å². The second-order valence-electron chi connectivity index (χ2n) is 7.04. The predicted octanol–water partition coefficient (Wildman–Crippen LogP) is 2.88. The highest BCUT2D eigenvalue weighted by Gasteiger charge is 2.25. The first-order chi connectivity index (χ1) is 13.2. The Hall–Kier alpha value is -0.900. The standard InChI is InChI=1S/C21H36N4O2.HI/c1-4-22-21(23-11-13-27-15-14-26-3)24-20-10-12-25(18(2)16-20)17-19-8-6-5-7-9-19;/h5-9,18,20H,4,10-17H2,1-3H3,(H2,22,23,24);1H. The van der Waals surface area contributed by atoms with Crippen molar-refractivity contribution in [2.45, 2.75) is 45.3 Å². The fourth-order valence-corrected chi connectivity index (χ4v) is 3.38. The van der Waals surface area contributed by atoms with Gasteiger partial charge in [-0.15, -0.1) is 24.0 Å². The lowest BCUT2D eigenvalue weighted by Crippen LogP contribution is -2.51. The molecule has 0 aromatic heterocycles. The predicted molar refractivity (Wildman–Crippen MR) is 127 cm³/mol. The SMILES string of the molecule is CCNC(=NCCOCCOC)NC1CCN(Cc2ccccc2)C(C)C1.I. The molecule has 1 aliphatic heterocycles. The van der Waals surface area contributed by atoms with E-state index in [1.165, 1.54) is 5.56 Å². The van der Waals surface area contributed by atoms with Crippen molar-refractivity contribution in [2.24, 2.45) is 4.99 Å². The van der Waals surface area contributed by atoms with Crippen LogP contribution < -0.4 is 10.6 Å². The Balaban J connectivity index is 0.00000392. The quantitative estimate of drug-likeness (QED) is 0.222. The van der Waals surface area contributed by atoms with Crippen LogP contribution in [0.5, 0.6) is 0 Å². The van der Waals surface area contributed by atoms with E-state index in [0.717, 1.165) is 38.4 Å². The minimum atomic E-state index is 0. The first-order valence-electron chi connectivity index (χ1n) is 10.1. The van der Waals surface area contributed by atoms with E-state index in [9.17, 15) is 0 Å². The number of rotatable bonds is 10. The number of ether oxygens (including phenoxy) is 2. The average Bonchev–Trinajstić information content (AvgIpc) is 2.67. The minimum Gasteiger partial charge on any atom is -0.382 e. The molecule has 0 aliphatic carbocycles. The number of nitrogens with zero attached hydrogens (tertiary/aromatic N) is 2. The largest absolute Gasteiger partial charge is 0.382 e. The Bertz CT molecular complexity index is 544. The number of methoxy groups -OCH3 is 1. The molecular weight excluding hydrogens is 467 g/mol. The summed E-state index contributed by atoms with van der Waals surface area (Å²) >= 11 is 0. The maximum Gasteiger partial charge on any atom is 0.191 e. The molecule has 0 radical (unpaired) electrons. The topological polar surface area (TPSA) is 58.1 Å². The highest BCUT2D eigenvalue weighted by molar-refractivity contribution is 14.0. The normalized spacial score (nSPS) is 20.5. The Morgan fingerprint density at radius 2 is 2.00 bits per heavy atom. The first-order valence-corrected chi connectivity index (χ1v) is 10.1. The molecule has 0 amide bonds. The third kappa shape index (κ3) is 9.54. The number of likely N-dealkylation sites (tertiary alicyclic amines) is 1. The van der Waals surface area contributed by atoms with E-state index in [0.29, 0.717) is 38.4 Å². The third-order valence-corrected chi connectivity index (χ3v) is 4.86. The summed E-state index contributed by atoms with van der Waals surface area (Å²) in [6.07, 6.45) is 2.26. The summed E-state index contributed by atoms with van der Waals surface area (Å²) in [6, 6.07) is 11.7. The Morgan fingerprint density at radius 3 is 2.68 bits per heavy atom. The van der Waals surface area contributed by atoms with Gasteiger partial charge in [-0.1, -0.05) is 30.3 Å². The summed E-state index contributed by atoms with van der Waals surface area (Å²) in [7, 11) is 1.68. The van der Waals surface area contributed by atoms with Gasteiger partial charge in [-0.05, 0) is 32.3 Å². The van der Waals surface area contributed by atoms with Gasteiger partial charge in [-0.3, -0.25) is 9.89 Å². The summed E-state index contributed by atoms with van der Waals surface area (Å²) < 4.78 is 10.5. The molecule has 6 nitrogen and oxygen atoms in total. The first kappa shape index (κ1) is 25.1. The monoisotopic (exact) mass is 504 g/mol. The van der Waals surface area contributed by atoms with Crippen LogP contribution in [0.25, 0.3) is 0 Å². The molecule has 1 heterocycles. The van der Waals surface area contributed by atoms with E-state index in [4.69, 9.17) is 9.47 Å². The van der Waals surface area contributed by atoms with Gasteiger partial charge in [-0.2, -0.15) is 0 Å². The van der Waals surface area contributed by atoms with Crippen molar-refractivity contribution >= 4 is 29.9 Å². The van der Waals surface area contributed by atoms with E-state index in [2.05, 4.69) is 64.7 Å². The smallest absolute Gasteiger partial charge is 0.191 e. The number of benzene rings is 1. The lowest BCUT2D eigenvalue weighted by atomic mass is 9.97.